The second kappa shape index (κ2) is 5.22. The highest BCUT2D eigenvalue weighted by Crippen LogP contribution is 2.18. The first kappa shape index (κ1) is 11.9. The minimum atomic E-state index is -0.189. The van der Waals surface area contributed by atoms with Gasteiger partial charge in [0.2, 0.25) is 5.95 Å². The topological polar surface area (TPSA) is 32.3 Å². The molecule has 0 N–H and O–H groups in total. The number of benzene rings is 1. The third kappa shape index (κ3) is 2.65. The summed E-state index contributed by atoms with van der Waals surface area (Å²) < 4.78 is 13.2. The van der Waals surface area contributed by atoms with Crippen molar-refractivity contribution in [2.45, 2.75) is 0 Å². The molecule has 1 aliphatic heterocycles. The second-order valence-electron chi connectivity index (χ2n) is 4.50. The first-order chi connectivity index (χ1) is 9.33. The highest BCUT2D eigenvalue weighted by Gasteiger charge is 2.18. The van der Waals surface area contributed by atoms with Crippen LogP contribution in [0.5, 0.6) is 0 Å². The van der Waals surface area contributed by atoms with Crippen molar-refractivity contribution in [1.29, 1.82) is 0 Å². The molecule has 0 bridgehead atoms. The minimum Gasteiger partial charge on any atom is -0.368 e. The number of hydrogen-bond acceptors (Lipinski definition) is 4. The Labute approximate surface area is 111 Å². The van der Waals surface area contributed by atoms with Gasteiger partial charge in [0, 0.05) is 44.3 Å². The molecule has 19 heavy (non-hydrogen) atoms. The van der Waals surface area contributed by atoms with Gasteiger partial charge in [0.15, 0.2) is 0 Å². The fourth-order valence-corrected chi connectivity index (χ4v) is 2.29. The van der Waals surface area contributed by atoms with E-state index in [1.807, 2.05) is 12.1 Å². The third-order valence-corrected chi connectivity index (χ3v) is 3.29. The summed E-state index contributed by atoms with van der Waals surface area (Å²) >= 11 is 0. The van der Waals surface area contributed by atoms with E-state index in [4.69, 9.17) is 0 Å². The summed E-state index contributed by atoms with van der Waals surface area (Å²) in [6.07, 6.45) is 3.50. The van der Waals surface area contributed by atoms with Gasteiger partial charge in [-0.15, -0.1) is 0 Å². The average Bonchev–Trinajstić information content (AvgIpc) is 2.48. The van der Waals surface area contributed by atoms with Crippen molar-refractivity contribution < 1.29 is 4.39 Å². The second-order valence-corrected chi connectivity index (χ2v) is 4.50. The summed E-state index contributed by atoms with van der Waals surface area (Å²) in [4.78, 5) is 12.8. The average molecular weight is 258 g/mol. The van der Waals surface area contributed by atoms with Crippen LogP contribution in [0.4, 0.5) is 16.0 Å². The van der Waals surface area contributed by atoms with E-state index in [9.17, 15) is 4.39 Å². The Kier molecular flexibility index (Phi) is 3.27. The summed E-state index contributed by atoms with van der Waals surface area (Å²) in [6, 6.07) is 8.55. The number of halogens is 1. The van der Waals surface area contributed by atoms with Crippen LogP contribution in [0.3, 0.4) is 0 Å². The van der Waals surface area contributed by atoms with Gasteiger partial charge in [0.25, 0.3) is 0 Å². The maximum atomic E-state index is 13.2. The van der Waals surface area contributed by atoms with Crippen LogP contribution in [0.15, 0.2) is 42.7 Å². The number of hydrogen-bond donors (Lipinski definition) is 0. The summed E-state index contributed by atoms with van der Waals surface area (Å²) in [5.41, 5.74) is 0.939. The molecular weight excluding hydrogens is 243 g/mol. The fourth-order valence-electron chi connectivity index (χ4n) is 2.29. The SMILES string of the molecule is Fc1cccc(N2CCN(c3ncccn3)CC2)c1. The third-order valence-electron chi connectivity index (χ3n) is 3.29. The maximum Gasteiger partial charge on any atom is 0.225 e. The van der Waals surface area contributed by atoms with Crippen LogP contribution in [-0.4, -0.2) is 36.1 Å². The number of anilines is 2. The van der Waals surface area contributed by atoms with E-state index in [0.717, 1.165) is 37.8 Å². The predicted molar refractivity (Wildman–Crippen MR) is 72.9 cm³/mol. The number of aromatic nitrogens is 2. The fraction of sp³-hybridized carbons (Fsp3) is 0.286. The molecule has 3 rings (SSSR count). The number of nitrogens with zero attached hydrogens (tertiary/aromatic N) is 4. The molecule has 5 heteroatoms. The van der Waals surface area contributed by atoms with Crippen molar-refractivity contribution in [2.75, 3.05) is 36.0 Å². The van der Waals surface area contributed by atoms with Crippen LogP contribution >= 0.6 is 0 Å². The lowest BCUT2D eigenvalue weighted by Gasteiger charge is -2.36. The summed E-state index contributed by atoms with van der Waals surface area (Å²) in [7, 11) is 0. The van der Waals surface area contributed by atoms with Crippen molar-refractivity contribution in [2.24, 2.45) is 0 Å². The molecule has 0 spiro atoms. The van der Waals surface area contributed by atoms with Crippen molar-refractivity contribution in [3.63, 3.8) is 0 Å². The molecule has 0 aliphatic carbocycles. The standard InChI is InChI=1S/C14H15FN4/c15-12-3-1-4-13(11-12)18-7-9-19(10-8-18)14-16-5-2-6-17-14/h1-6,11H,7-10H2. The Morgan fingerprint density at radius 2 is 1.58 bits per heavy atom. The molecule has 1 aromatic heterocycles. The van der Waals surface area contributed by atoms with E-state index >= 15 is 0 Å². The molecule has 1 aromatic carbocycles. The maximum absolute atomic E-state index is 13.2. The van der Waals surface area contributed by atoms with Gasteiger partial charge in [-0.2, -0.15) is 0 Å². The summed E-state index contributed by atoms with van der Waals surface area (Å²) in [5.74, 6) is 0.577. The zero-order valence-corrected chi connectivity index (χ0v) is 10.5. The number of rotatable bonds is 2. The molecule has 0 amide bonds. The summed E-state index contributed by atoms with van der Waals surface area (Å²) in [6.45, 7) is 3.39. The Morgan fingerprint density at radius 1 is 0.895 bits per heavy atom. The van der Waals surface area contributed by atoms with Crippen molar-refractivity contribution in [1.82, 2.24) is 9.97 Å². The number of piperazine rings is 1. The van der Waals surface area contributed by atoms with Crippen LogP contribution < -0.4 is 9.80 Å². The Balaban J connectivity index is 1.67. The first-order valence-corrected chi connectivity index (χ1v) is 6.35. The van der Waals surface area contributed by atoms with Gasteiger partial charge in [-0.05, 0) is 24.3 Å². The van der Waals surface area contributed by atoms with Crippen LogP contribution in [-0.2, 0) is 0 Å². The quantitative estimate of drug-likeness (QED) is 0.824. The van der Waals surface area contributed by atoms with E-state index in [1.54, 1.807) is 24.5 Å². The Bertz CT molecular complexity index is 538. The molecular formula is C14H15FN4. The highest BCUT2D eigenvalue weighted by molar-refractivity contribution is 5.48. The van der Waals surface area contributed by atoms with Gasteiger partial charge in [-0.25, -0.2) is 14.4 Å². The van der Waals surface area contributed by atoms with Crippen molar-refractivity contribution in [3.8, 4) is 0 Å². The molecule has 2 heterocycles. The van der Waals surface area contributed by atoms with E-state index in [1.165, 1.54) is 6.07 Å². The molecule has 1 aliphatic rings. The Hall–Kier alpha value is -2.17. The molecule has 1 saturated heterocycles. The minimum absolute atomic E-state index is 0.189. The lowest BCUT2D eigenvalue weighted by atomic mass is 10.2. The van der Waals surface area contributed by atoms with Gasteiger partial charge < -0.3 is 9.80 Å². The largest absolute Gasteiger partial charge is 0.368 e. The monoisotopic (exact) mass is 258 g/mol. The molecule has 0 radical (unpaired) electrons. The molecule has 4 nitrogen and oxygen atoms in total. The molecule has 0 unspecified atom stereocenters. The van der Waals surface area contributed by atoms with E-state index < -0.39 is 0 Å². The molecule has 2 aromatic rings. The zero-order chi connectivity index (χ0) is 13.1. The van der Waals surface area contributed by atoms with E-state index in [2.05, 4.69) is 19.8 Å². The smallest absolute Gasteiger partial charge is 0.225 e. The van der Waals surface area contributed by atoms with Gasteiger partial charge in [-0.1, -0.05) is 6.07 Å². The normalized spacial score (nSPS) is 15.6. The van der Waals surface area contributed by atoms with E-state index in [0.29, 0.717) is 0 Å². The van der Waals surface area contributed by atoms with Crippen LogP contribution in [0.25, 0.3) is 0 Å². The van der Waals surface area contributed by atoms with Gasteiger partial charge in [-0.3, -0.25) is 0 Å². The van der Waals surface area contributed by atoms with Gasteiger partial charge in [0.05, 0.1) is 0 Å². The lowest BCUT2D eigenvalue weighted by molar-refractivity contribution is 0.617. The molecule has 0 atom stereocenters. The van der Waals surface area contributed by atoms with Gasteiger partial charge in [0.1, 0.15) is 5.82 Å². The highest BCUT2D eigenvalue weighted by atomic mass is 19.1. The van der Waals surface area contributed by atoms with Crippen LogP contribution in [0.1, 0.15) is 0 Å². The van der Waals surface area contributed by atoms with E-state index in [-0.39, 0.29) is 5.82 Å². The predicted octanol–water partition coefficient (Wildman–Crippen LogP) is 1.94. The van der Waals surface area contributed by atoms with Gasteiger partial charge >= 0.3 is 0 Å². The van der Waals surface area contributed by atoms with Crippen LogP contribution in [0.2, 0.25) is 0 Å². The summed E-state index contributed by atoms with van der Waals surface area (Å²) in [5, 5.41) is 0. The Morgan fingerprint density at radius 3 is 2.26 bits per heavy atom. The molecule has 98 valence electrons. The molecule has 1 fully saturated rings. The lowest BCUT2D eigenvalue weighted by Crippen LogP contribution is -2.47. The zero-order valence-electron chi connectivity index (χ0n) is 10.5. The van der Waals surface area contributed by atoms with Crippen molar-refractivity contribution >= 4 is 11.6 Å². The van der Waals surface area contributed by atoms with Crippen molar-refractivity contribution in [3.05, 3.63) is 48.5 Å². The first-order valence-electron chi connectivity index (χ1n) is 6.35. The van der Waals surface area contributed by atoms with Crippen LogP contribution in [0, 0.1) is 5.82 Å². The molecule has 0 saturated carbocycles.